The van der Waals surface area contributed by atoms with Crippen molar-refractivity contribution in [3.63, 3.8) is 0 Å². The number of nitrogens with zero attached hydrogens (tertiary/aromatic N) is 2. The van der Waals surface area contributed by atoms with Gasteiger partial charge in [-0.15, -0.1) is 0 Å². The van der Waals surface area contributed by atoms with Gasteiger partial charge in [0, 0.05) is 18.3 Å². The lowest BCUT2D eigenvalue weighted by Gasteiger charge is -2.09. The minimum absolute atomic E-state index is 0.263. The summed E-state index contributed by atoms with van der Waals surface area (Å²) in [7, 11) is 1.31. The van der Waals surface area contributed by atoms with Gasteiger partial charge in [-0.05, 0) is 31.5 Å². The van der Waals surface area contributed by atoms with Gasteiger partial charge in [0.25, 0.3) is 5.91 Å². The Morgan fingerprint density at radius 3 is 2.69 bits per heavy atom. The molecule has 2 N–H and O–H groups in total. The Bertz CT molecular complexity index is 777. The third-order valence-corrected chi connectivity index (χ3v) is 3.70. The first-order valence-electron chi connectivity index (χ1n) is 8.62. The number of rotatable bonds is 8. The van der Waals surface area contributed by atoms with Gasteiger partial charge in [0.2, 0.25) is 0 Å². The SMILES string of the molecule is CCCCCNc1cc(C(=O)Nc2cccc(C(=O)OC)c2)nc(C)n1. The number of amides is 1. The summed E-state index contributed by atoms with van der Waals surface area (Å²) >= 11 is 0. The molecule has 1 heterocycles. The Balaban J connectivity index is 2.09. The molecule has 0 unspecified atom stereocenters. The maximum atomic E-state index is 12.5. The lowest BCUT2D eigenvalue weighted by atomic mass is 10.2. The number of carbonyl (C=O) groups excluding carboxylic acids is 2. The quantitative estimate of drug-likeness (QED) is 0.556. The molecular formula is C19H24N4O3. The predicted octanol–water partition coefficient (Wildman–Crippen LogP) is 3.43. The van der Waals surface area contributed by atoms with E-state index in [0.717, 1.165) is 25.8 Å². The van der Waals surface area contributed by atoms with Crippen LogP contribution in [0.5, 0.6) is 0 Å². The molecule has 0 saturated carbocycles. The molecule has 7 heteroatoms. The molecule has 0 radical (unpaired) electrons. The third-order valence-electron chi connectivity index (χ3n) is 3.70. The molecule has 0 aliphatic rings. The minimum Gasteiger partial charge on any atom is -0.465 e. The number of hydrogen-bond donors (Lipinski definition) is 2. The van der Waals surface area contributed by atoms with Crippen LogP contribution < -0.4 is 10.6 Å². The van der Waals surface area contributed by atoms with Crippen LogP contribution in [0.1, 0.15) is 52.9 Å². The molecule has 0 fully saturated rings. The van der Waals surface area contributed by atoms with E-state index in [2.05, 4.69) is 32.3 Å². The summed E-state index contributed by atoms with van der Waals surface area (Å²) in [4.78, 5) is 32.6. The molecule has 0 saturated heterocycles. The maximum absolute atomic E-state index is 12.5. The summed E-state index contributed by atoms with van der Waals surface area (Å²) in [6.45, 7) is 4.69. The Hall–Kier alpha value is -2.96. The first-order chi connectivity index (χ1) is 12.5. The molecule has 0 bridgehead atoms. The van der Waals surface area contributed by atoms with E-state index in [1.807, 2.05) is 0 Å². The monoisotopic (exact) mass is 356 g/mol. The highest BCUT2D eigenvalue weighted by Gasteiger charge is 2.12. The highest BCUT2D eigenvalue weighted by Crippen LogP contribution is 2.14. The first kappa shape index (κ1) is 19.4. The van der Waals surface area contributed by atoms with Crippen molar-refractivity contribution in [2.45, 2.75) is 33.1 Å². The molecule has 0 atom stereocenters. The van der Waals surface area contributed by atoms with Crippen LogP contribution in [0.3, 0.4) is 0 Å². The standard InChI is InChI=1S/C19H24N4O3/c1-4-5-6-10-20-17-12-16(21-13(2)22-17)18(24)23-15-9-7-8-14(11-15)19(25)26-3/h7-9,11-12H,4-6,10H2,1-3H3,(H,23,24)(H,20,21,22). The average molecular weight is 356 g/mol. The molecular weight excluding hydrogens is 332 g/mol. The molecule has 7 nitrogen and oxygen atoms in total. The van der Waals surface area contributed by atoms with E-state index < -0.39 is 5.97 Å². The molecule has 0 spiro atoms. The maximum Gasteiger partial charge on any atom is 0.337 e. The highest BCUT2D eigenvalue weighted by molar-refractivity contribution is 6.04. The molecule has 0 aliphatic carbocycles. The van der Waals surface area contributed by atoms with Crippen LogP contribution in [0, 0.1) is 6.92 Å². The Morgan fingerprint density at radius 2 is 1.96 bits per heavy atom. The number of methoxy groups -OCH3 is 1. The topological polar surface area (TPSA) is 93.2 Å². The van der Waals surface area contributed by atoms with E-state index in [1.54, 1.807) is 37.3 Å². The summed E-state index contributed by atoms with van der Waals surface area (Å²) in [5.41, 5.74) is 1.12. The second kappa shape index (κ2) is 9.50. The van der Waals surface area contributed by atoms with Gasteiger partial charge in [0.15, 0.2) is 0 Å². The van der Waals surface area contributed by atoms with E-state index in [4.69, 9.17) is 0 Å². The van der Waals surface area contributed by atoms with Crippen LogP contribution in [0.4, 0.5) is 11.5 Å². The molecule has 1 amide bonds. The molecule has 2 aromatic rings. The fraction of sp³-hybridized carbons (Fsp3) is 0.368. The van der Waals surface area contributed by atoms with Crippen molar-refractivity contribution in [2.24, 2.45) is 0 Å². The number of benzene rings is 1. The van der Waals surface area contributed by atoms with Gasteiger partial charge in [0.05, 0.1) is 12.7 Å². The van der Waals surface area contributed by atoms with Crippen LogP contribution in [-0.4, -0.2) is 35.5 Å². The zero-order valence-corrected chi connectivity index (χ0v) is 15.3. The van der Waals surface area contributed by atoms with Crippen molar-refractivity contribution in [2.75, 3.05) is 24.3 Å². The number of anilines is 2. The van der Waals surface area contributed by atoms with Crippen LogP contribution in [-0.2, 0) is 4.74 Å². The number of unbranched alkanes of at least 4 members (excludes halogenated alkanes) is 2. The van der Waals surface area contributed by atoms with E-state index in [9.17, 15) is 9.59 Å². The zero-order chi connectivity index (χ0) is 18.9. The van der Waals surface area contributed by atoms with E-state index in [-0.39, 0.29) is 11.6 Å². The van der Waals surface area contributed by atoms with Crippen LogP contribution >= 0.6 is 0 Å². The van der Waals surface area contributed by atoms with Crippen molar-refractivity contribution in [1.29, 1.82) is 0 Å². The summed E-state index contributed by atoms with van der Waals surface area (Å²) in [5.74, 6) is 0.313. The average Bonchev–Trinajstić information content (AvgIpc) is 2.64. The van der Waals surface area contributed by atoms with Crippen LogP contribution in [0.25, 0.3) is 0 Å². The van der Waals surface area contributed by atoms with Gasteiger partial charge in [-0.2, -0.15) is 0 Å². The smallest absolute Gasteiger partial charge is 0.337 e. The van der Waals surface area contributed by atoms with E-state index in [1.165, 1.54) is 7.11 Å². The number of ether oxygens (including phenoxy) is 1. The van der Waals surface area contributed by atoms with Crippen molar-refractivity contribution < 1.29 is 14.3 Å². The molecule has 26 heavy (non-hydrogen) atoms. The summed E-state index contributed by atoms with van der Waals surface area (Å²) < 4.78 is 4.69. The Labute approximate surface area is 153 Å². The van der Waals surface area contributed by atoms with Crippen molar-refractivity contribution in [3.8, 4) is 0 Å². The van der Waals surface area contributed by atoms with Crippen molar-refractivity contribution in [1.82, 2.24) is 9.97 Å². The number of aromatic nitrogens is 2. The second-order valence-corrected chi connectivity index (χ2v) is 5.85. The highest BCUT2D eigenvalue weighted by atomic mass is 16.5. The summed E-state index contributed by atoms with van der Waals surface area (Å²) in [6, 6.07) is 8.17. The third kappa shape index (κ3) is 5.54. The normalized spacial score (nSPS) is 10.3. The molecule has 1 aromatic carbocycles. The van der Waals surface area contributed by atoms with Gasteiger partial charge in [-0.25, -0.2) is 14.8 Å². The number of aryl methyl sites for hydroxylation is 1. The Kier molecular flexibility index (Phi) is 7.08. The second-order valence-electron chi connectivity index (χ2n) is 5.85. The Morgan fingerprint density at radius 1 is 1.15 bits per heavy atom. The number of nitrogens with one attached hydrogen (secondary N) is 2. The summed E-state index contributed by atoms with van der Waals surface area (Å²) in [5, 5.41) is 5.96. The molecule has 0 aliphatic heterocycles. The van der Waals surface area contributed by atoms with Gasteiger partial charge in [0.1, 0.15) is 17.3 Å². The van der Waals surface area contributed by atoms with Gasteiger partial charge >= 0.3 is 5.97 Å². The van der Waals surface area contributed by atoms with E-state index >= 15 is 0 Å². The molecule has 138 valence electrons. The first-order valence-corrected chi connectivity index (χ1v) is 8.62. The minimum atomic E-state index is -0.461. The molecule has 2 rings (SSSR count). The number of esters is 1. The zero-order valence-electron chi connectivity index (χ0n) is 15.3. The number of carbonyl (C=O) groups is 2. The van der Waals surface area contributed by atoms with Gasteiger partial charge < -0.3 is 15.4 Å². The van der Waals surface area contributed by atoms with Gasteiger partial charge in [-0.3, -0.25) is 4.79 Å². The lowest BCUT2D eigenvalue weighted by Crippen LogP contribution is -2.16. The van der Waals surface area contributed by atoms with E-state index in [0.29, 0.717) is 22.9 Å². The van der Waals surface area contributed by atoms with Gasteiger partial charge in [-0.1, -0.05) is 25.8 Å². The van der Waals surface area contributed by atoms with Crippen LogP contribution in [0.2, 0.25) is 0 Å². The predicted molar refractivity (Wildman–Crippen MR) is 101 cm³/mol. The van der Waals surface area contributed by atoms with Crippen molar-refractivity contribution in [3.05, 3.63) is 47.4 Å². The van der Waals surface area contributed by atoms with Crippen LogP contribution in [0.15, 0.2) is 30.3 Å². The fourth-order valence-corrected chi connectivity index (χ4v) is 2.40. The lowest BCUT2D eigenvalue weighted by molar-refractivity contribution is 0.0600. The van der Waals surface area contributed by atoms with Crippen molar-refractivity contribution >= 4 is 23.4 Å². The fourth-order valence-electron chi connectivity index (χ4n) is 2.40. The molecule has 1 aromatic heterocycles. The summed E-state index contributed by atoms with van der Waals surface area (Å²) in [6.07, 6.45) is 3.32. The largest absolute Gasteiger partial charge is 0.465 e. The number of hydrogen-bond acceptors (Lipinski definition) is 6.